The Morgan fingerprint density at radius 2 is 0.915 bits per heavy atom. The summed E-state index contributed by atoms with van der Waals surface area (Å²) in [6.07, 6.45) is 2.20. The van der Waals surface area contributed by atoms with Crippen molar-refractivity contribution in [2.75, 3.05) is 0 Å². The van der Waals surface area contributed by atoms with Crippen molar-refractivity contribution in [1.82, 2.24) is 0 Å². The van der Waals surface area contributed by atoms with E-state index in [1.165, 1.54) is 94.6 Å². The summed E-state index contributed by atoms with van der Waals surface area (Å²) in [4.78, 5) is 0. The van der Waals surface area contributed by atoms with Gasteiger partial charge >= 0.3 is 0 Å². The first-order valence-corrected chi connectivity index (χ1v) is 21.4. The number of fused-ring (bicyclic) bond motifs is 6. The van der Waals surface area contributed by atoms with E-state index in [2.05, 4.69) is 230 Å². The Bertz CT molecular complexity index is 2770. The third-order valence-electron chi connectivity index (χ3n) is 13.3. The van der Waals surface area contributed by atoms with Crippen LogP contribution in [0.5, 0.6) is 0 Å². The molecule has 0 spiro atoms. The summed E-state index contributed by atoms with van der Waals surface area (Å²) in [6.45, 7) is 14.0. The maximum atomic E-state index is 2.49. The fourth-order valence-electron chi connectivity index (χ4n) is 9.94. The van der Waals surface area contributed by atoms with Crippen molar-refractivity contribution in [3.63, 3.8) is 0 Å². The molecule has 0 N–H and O–H groups in total. The Kier molecular flexibility index (Phi) is 10.1. The predicted molar refractivity (Wildman–Crippen MR) is 252 cm³/mol. The van der Waals surface area contributed by atoms with E-state index in [0.29, 0.717) is 5.92 Å². The van der Waals surface area contributed by atoms with Crippen LogP contribution in [-0.2, 0) is 17.3 Å². The Morgan fingerprint density at radius 1 is 0.390 bits per heavy atom. The molecule has 0 heterocycles. The molecule has 290 valence electrons. The van der Waals surface area contributed by atoms with E-state index >= 15 is 0 Å². The summed E-state index contributed by atoms with van der Waals surface area (Å²) in [6, 6.07) is 69.0. The van der Waals surface area contributed by atoms with Crippen LogP contribution in [0, 0.1) is 6.92 Å². The number of hydrogen-bond acceptors (Lipinski definition) is 0. The average Bonchev–Trinajstić information content (AvgIpc) is 3.65. The second-order valence-electron chi connectivity index (χ2n) is 17.7. The van der Waals surface area contributed by atoms with Crippen LogP contribution in [0.15, 0.2) is 188 Å². The van der Waals surface area contributed by atoms with Crippen LogP contribution >= 0.6 is 0 Å². The van der Waals surface area contributed by atoms with E-state index in [1.54, 1.807) is 0 Å². The fraction of sp³-hybridized carbons (Fsp3) is 0.186. The third kappa shape index (κ3) is 6.95. The van der Waals surface area contributed by atoms with E-state index in [9.17, 15) is 0 Å². The molecule has 8 aromatic carbocycles. The molecular formula is C59H54. The molecule has 0 heteroatoms. The normalized spacial score (nSPS) is 14.3. The maximum Gasteiger partial charge on any atom is 0.0159 e. The van der Waals surface area contributed by atoms with Crippen LogP contribution in [0.3, 0.4) is 0 Å². The van der Waals surface area contributed by atoms with Gasteiger partial charge in [0.15, 0.2) is 0 Å². The van der Waals surface area contributed by atoms with Crippen LogP contribution in [-0.4, -0.2) is 0 Å². The SMILES string of the molecule is CCC(Cc1ccccc1-c1ccccc1)c1ccc2c(c1)C(C)(C)c1ccccc1-2.Cc1ccc2c(c1)C(C)(C)c1cc(-c3ccccc3)cc(-c3ccccc3)c1-2. The van der Waals surface area contributed by atoms with Crippen LogP contribution in [0.25, 0.3) is 55.6 Å². The van der Waals surface area contributed by atoms with Crippen molar-refractivity contribution in [2.24, 2.45) is 0 Å². The predicted octanol–water partition coefficient (Wildman–Crippen LogP) is 16.0. The van der Waals surface area contributed by atoms with Gasteiger partial charge in [0.05, 0.1) is 0 Å². The largest absolute Gasteiger partial charge is 0.0648 e. The molecule has 2 aliphatic rings. The van der Waals surface area contributed by atoms with Gasteiger partial charge < -0.3 is 0 Å². The van der Waals surface area contributed by atoms with Crippen molar-refractivity contribution in [1.29, 1.82) is 0 Å². The molecule has 0 saturated carbocycles. The van der Waals surface area contributed by atoms with Crippen LogP contribution in [0.1, 0.15) is 85.9 Å². The average molecular weight is 763 g/mol. The number of rotatable bonds is 7. The van der Waals surface area contributed by atoms with Crippen molar-refractivity contribution in [3.05, 3.63) is 227 Å². The first-order valence-electron chi connectivity index (χ1n) is 21.4. The smallest absolute Gasteiger partial charge is 0.0159 e. The zero-order valence-electron chi connectivity index (χ0n) is 35.4. The third-order valence-corrected chi connectivity index (χ3v) is 13.3. The lowest BCUT2D eigenvalue weighted by atomic mass is 9.80. The van der Waals surface area contributed by atoms with Crippen molar-refractivity contribution < 1.29 is 0 Å². The molecule has 59 heavy (non-hydrogen) atoms. The van der Waals surface area contributed by atoms with E-state index in [0.717, 1.165) is 12.8 Å². The van der Waals surface area contributed by atoms with Gasteiger partial charge in [-0.1, -0.05) is 216 Å². The Morgan fingerprint density at radius 3 is 1.59 bits per heavy atom. The molecule has 1 unspecified atom stereocenters. The fourth-order valence-corrected chi connectivity index (χ4v) is 9.94. The standard InChI is InChI=1S/C31H30.C28H24/c1-4-22(20-25-14-8-9-15-26(25)23-12-6-5-7-13-23)24-18-19-28-27-16-10-11-17-29(27)31(2,3)30(28)21-24;1-19-14-15-23-25(16-19)28(2,3)26-18-22(20-10-6-4-7-11-20)17-24(27(23)26)21-12-8-5-9-13-21/h5-19,21-22H,4,20H2,1-3H3;4-18H,1-3H3. The highest BCUT2D eigenvalue weighted by Crippen LogP contribution is 2.54. The lowest BCUT2D eigenvalue weighted by Crippen LogP contribution is -2.15. The van der Waals surface area contributed by atoms with Gasteiger partial charge in [-0.05, 0) is 127 Å². The number of aryl methyl sites for hydroxylation is 1. The van der Waals surface area contributed by atoms with Gasteiger partial charge in [0.2, 0.25) is 0 Å². The van der Waals surface area contributed by atoms with E-state index in [-0.39, 0.29) is 10.8 Å². The molecule has 0 amide bonds. The lowest BCUT2D eigenvalue weighted by Gasteiger charge is -2.24. The molecular weight excluding hydrogens is 709 g/mol. The van der Waals surface area contributed by atoms with Gasteiger partial charge in [-0.25, -0.2) is 0 Å². The van der Waals surface area contributed by atoms with Gasteiger partial charge in [0, 0.05) is 10.8 Å². The summed E-state index contributed by atoms with van der Waals surface area (Å²) in [5, 5.41) is 0. The monoisotopic (exact) mass is 762 g/mol. The minimum atomic E-state index is -0.00892. The van der Waals surface area contributed by atoms with Crippen molar-refractivity contribution >= 4 is 0 Å². The first kappa shape index (κ1) is 38.3. The van der Waals surface area contributed by atoms with Crippen molar-refractivity contribution in [2.45, 2.75) is 71.1 Å². The summed E-state index contributed by atoms with van der Waals surface area (Å²) in [5.74, 6) is 0.509. The van der Waals surface area contributed by atoms with Crippen molar-refractivity contribution in [3.8, 4) is 55.6 Å². The lowest BCUT2D eigenvalue weighted by molar-refractivity contribution is 0.641. The van der Waals surface area contributed by atoms with E-state index in [4.69, 9.17) is 0 Å². The molecule has 0 fully saturated rings. The maximum absolute atomic E-state index is 2.49. The molecule has 2 aliphatic carbocycles. The molecule has 10 rings (SSSR count). The van der Waals surface area contributed by atoms with Gasteiger partial charge in [0.25, 0.3) is 0 Å². The van der Waals surface area contributed by atoms with Crippen LogP contribution in [0.4, 0.5) is 0 Å². The molecule has 8 aromatic rings. The Labute approximate surface area is 352 Å². The molecule has 0 radical (unpaired) electrons. The quantitative estimate of drug-likeness (QED) is 0.152. The minimum Gasteiger partial charge on any atom is -0.0648 e. The molecule has 0 nitrogen and oxygen atoms in total. The minimum absolute atomic E-state index is 0.00892. The van der Waals surface area contributed by atoms with Gasteiger partial charge in [-0.3, -0.25) is 0 Å². The molecule has 0 aliphatic heterocycles. The van der Waals surface area contributed by atoms with E-state index < -0.39 is 0 Å². The summed E-state index contributed by atoms with van der Waals surface area (Å²) in [5.41, 5.74) is 23.5. The molecule has 1 atom stereocenters. The van der Waals surface area contributed by atoms with Gasteiger partial charge in [0.1, 0.15) is 0 Å². The Balaban J connectivity index is 0.000000153. The first-order chi connectivity index (χ1) is 28.6. The summed E-state index contributed by atoms with van der Waals surface area (Å²) in [7, 11) is 0. The highest BCUT2D eigenvalue weighted by molar-refractivity contribution is 5.95. The molecule has 0 saturated heterocycles. The topological polar surface area (TPSA) is 0 Å². The zero-order chi connectivity index (χ0) is 40.7. The Hall–Kier alpha value is -6.24. The van der Waals surface area contributed by atoms with Gasteiger partial charge in [-0.2, -0.15) is 0 Å². The second-order valence-corrected chi connectivity index (χ2v) is 17.7. The summed E-state index contributed by atoms with van der Waals surface area (Å²) < 4.78 is 0. The summed E-state index contributed by atoms with van der Waals surface area (Å²) >= 11 is 0. The zero-order valence-corrected chi connectivity index (χ0v) is 35.4. The van der Waals surface area contributed by atoms with Crippen LogP contribution in [0.2, 0.25) is 0 Å². The van der Waals surface area contributed by atoms with Crippen LogP contribution < -0.4 is 0 Å². The second kappa shape index (κ2) is 15.5. The highest BCUT2D eigenvalue weighted by atomic mass is 14.4. The molecule has 0 aromatic heterocycles. The molecule has 0 bridgehead atoms. The number of hydrogen-bond donors (Lipinski definition) is 0. The number of benzene rings is 8. The van der Waals surface area contributed by atoms with Gasteiger partial charge in [-0.15, -0.1) is 0 Å². The highest BCUT2D eigenvalue weighted by Gasteiger charge is 2.38. The van der Waals surface area contributed by atoms with E-state index in [1.807, 2.05) is 0 Å².